The van der Waals surface area contributed by atoms with Crippen molar-refractivity contribution in [2.24, 2.45) is 0 Å². The second-order valence-corrected chi connectivity index (χ2v) is 6.65. The number of aromatic nitrogens is 3. The Bertz CT molecular complexity index is 1100. The third-order valence-electron chi connectivity index (χ3n) is 4.56. The highest BCUT2D eigenvalue weighted by molar-refractivity contribution is 5.77. The summed E-state index contributed by atoms with van der Waals surface area (Å²) in [6, 6.07) is 22.2. The van der Waals surface area contributed by atoms with Crippen LogP contribution < -0.4 is 0 Å². The van der Waals surface area contributed by atoms with Gasteiger partial charge < -0.3 is 0 Å². The number of benzene rings is 3. The molecule has 0 aliphatic heterocycles. The van der Waals surface area contributed by atoms with Gasteiger partial charge in [0, 0.05) is 27.8 Å². The number of aryl methyl sites for hydroxylation is 1. The minimum absolute atomic E-state index is 0.516. The van der Waals surface area contributed by atoms with Crippen LogP contribution in [0.2, 0.25) is 0 Å². The molecule has 0 aliphatic carbocycles. The number of carbonyl (C=O) groups is 2. The number of hydrogen-bond donors (Lipinski definition) is 0. The Labute approximate surface area is 168 Å². The smallest absolute Gasteiger partial charge is 0.164 e. The summed E-state index contributed by atoms with van der Waals surface area (Å²) in [4.78, 5) is 35.8. The predicted molar refractivity (Wildman–Crippen MR) is 112 cm³/mol. The van der Waals surface area contributed by atoms with E-state index in [4.69, 9.17) is 0 Å². The van der Waals surface area contributed by atoms with Crippen molar-refractivity contribution >= 4 is 12.6 Å². The van der Waals surface area contributed by atoms with Crippen molar-refractivity contribution in [3.8, 4) is 34.2 Å². The average Bonchev–Trinajstić information content (AvgIpc) is 2.79. The zero-order valence-corrected chi connectivity index (χ0v) is 15.7. The van der Waals surface area contributed by atoms with Crippen LogP contribution in [0.5, 0.6) is 0 Å². The lowest BCUT2D eigenvalue weighted by atomic mass is 10.1. The van der Waals surface area contributed by atoms with Crippen molar-refractivity contribution in [3.63, 3.8) is 0 Å². The lowest BCUT2D eigenvalue weighted by Gasteiger charge is -2.09. The molecule has 4 rings (SSSR count). The molecule has 0 unspecified atom stereocenters. The van der Waals surface area contributed by atoms with Crippen molar-refractivity contribution in [1.82, 2.24) is 15.0 Å². The van der Waals surface area contributed by atoms with Gasteiger partial charge in [0.25, 0.3) is 0 Å². The van der Waals surface area contributed by atoms with E-state index in [0.29, 0.717) is 28.6 Å². The molecule has 0 radical (unpaired) electrons. The van der Waals surface area contributed by atoms with E-state index < -0.39 is 0 Å². The molecule has 0 fully saturated rings. The molecule has 0 aliphatic rings. The summed E-state index contributed by atoms with van der Waals surface area (Å²) in [7, 11) is 0. The van der Waals surface area contributed by atoms with Crippen molar-refractivity contribution in [2.75, 3.05) is 0 Å². The molecule has 1 heterocycles. The second-order valence-electron chi connectivity index (χ2n) is 6.65. The molecule has 4 aromatic rings. The SMILES string of the molecule is Cc1ccc(-c2nc(-c3ccc(C=O)cc3)nc(-c3ccc(C=O)cc3)n2)cc1. The Balaban J connectivity index is 1.86. The van der Waals surface area contributed by atoms with Crippen LogP contribution in [-0.2, 0) is 0 Å². The van der Waals surface area contributed by atoms with Crippen molar-refractivity contribution in [2.45, 2.75) is 6.92 Å². The Kier molecular flexibility index (Phi) is 5.03. The monoisotopic (exact) mass is 379 g/mol. The summed E-state index contributed by atoms with van der Waals surface area (Å²) < 4.78 is 0. The number of aldehydes is 2. The first-order valence-electron chi connectivity index (χ1n) is 9.10. The summed E-state index contributed by atoms with van der Waals surface area (Å²) >= 11 is 0. The number of rotatable bonds is 5. The molecular formula is C24H17N3O2. The van der Waals surface area contributed by atoms with Crippen molar-refractivity contribution < 1.29 is 9.59 Å². The van der Waals surface area contributed by atoms with Crippen LogP contribution in [0.1, 0.15) is 26.3 Å². The zero-order chi connectivity index (χ0) is 20.2. The number of carbonyl (C=O) groups excluding carboxylic acids is 2. The molecule has 0 amide bonds. The minimum atomic E-state index is 0.516. The van der Waals surface area contributed by atoms with Crippen molar-refractivity contribution in [3.05, 3.63) is 89.5 Å². The fourth-order valence-corrected chi connectivity index (χ4v) is 2.89. The molecule has 0 spiro atoms. The summed E-state index contributed by atoms with van der Waals surface area (Å²) in [5, 5.41) is 0. The summed E-state index contributed by atoms with van der Waals surface area (Å²) in [6.07, 6.45) is 1.60. The van der Waals surface area contributed by atoms with Gasteiger partial charge in [0.1, 0.15) is 12.6 Å². The average molecular weight is 379 g/mol. The van der Waals surface area contributed by atoms with Crippen LogP contribution in [-0.4, -0.2) is 27.5 Å². The van der Waals surface area contributed by atoms with Crippen LogP contribution in [0.25, 0.3) is 34.2 Å². The van der Waals surface area contributed by atoms with Gasteiger partial charge in [-0.2, -0.15) is 0 Å². The Hall–Kier alpha value is -3.99. The van der Waals surface area contributed by atoms with E-state index in [9.17, 15) is 9.59 Å². The van der Waals surface area contributed by atoms with Gasteiger partial charge in [-0.1, -0.05) is 78.4 Å². The maximum Gasteiger partial charge on any atom is 0.164 e. The maximum atomic E-state index is 10.9. The molecule has 0 saturated heterocycles. The van der Waals surface area contributed by atoms with Crippen LogP contribution in [0.3, 0.4) is 0 Å². The van der Waals surface area contributed by atoms with Crippen LogP contribution in [0, 0.1) is 6.92 Å². The Morgan fingerprint density at radius 3 is 1.14 bits per heavy atom. The molecule has 5 heteroatoms. The topological polar surface area (TPSA) is 72.8 Å². The molecule has 29 heavy (non-hydrogen) atoms. The van der Waals surface area contributed by atoms with E-state index in [1.54, 1.807) is 24.3 Å². The van der Waals surface area contributed by atoms with Crippen LogP contribution >= 0.6 is 0 Å². The minimum Gasteiger partial charge on any atom is -0.298 e. The molecule has 140 valence electrons. The van der Waals surface area contributed by atoms with E-state index in [1.165, 1.54) is 0 Å². The first-order chi connectivity index (χ1) is 14.2. The largest absolute Gasteiger partial charge is 0.298 e. The van der Waals surface area contributed by atoms with E-state index in [-0.39, 0.29) is 0 Å². The molecule has 3 aromatic carbocycles. The van der Waals surface area contributed by atoms with Gasteiger partial charge in [0.15, 0.2) is 17.5 Å². The molecule has 0 atom stereocenters. The zero-order valence-electron chi connectivity index (χ0n) is 15.7. The fraction of sp³-hybridized carbons (Fsp3) is 0.0417. The molecule has 0 N–H and O–H groups in total. The highest BCUT2D eigenvalue weighted by Crippen LogP contribution is 2.25. The van der Waals surface area contributed by atoms with Gasteiger partial charge in [0.2, 0.25) is 0 Å². The summed E-state index contributed by atoms with van der Waals surface area (Å²) in [6.45, 7) is 2.03. The van der Waals surface area contributed by atoms with Crippen LogP contribution in [0.15, 0.2) is 72.8 Å². The summed E-state index contributed by atoms with van der Waals surface area (Å²) in [5.41, 5.74) is 4.79. The van der Waals surface area contributed by atoms with E-state index in [2.05, 4.69) is 15.0 Å². The lowest BCUT2D eigenvalue weighted by Crippen LogP contribution is -2.00. The van der Waals surface area contributed by atoms with Crippen molar-refractivity contribution in [1.29, 1.82) is 0 Å². The van der Waals surface area contributed by atoms with Gasteiger partial charge in [-0.3, -0.25) is 9.59 Å². The van der Waals surface area contributed by atoms with Gasteiger partial charge in [-0.25, -0.2) is 15.0 Å². The standard InChI is InChI=1S/C24H17N3O2/c1-16-2-8-19(9-3-16)22-25-23(20-10-4-17(14-28)5-11-20)27-24(26-22)21-12-6-18(15-29)7-13-21/h2-15H,1H3. The third kappa shape index (κ3) is 3.99. The van der Waals surface area contributed by atoms with E-state index in [1.807, 2.05) is 55.5 Å². The third-order valence-corrected chi connectivity index (χ3v) is 4.56. The Morgan fingerprint density at radius 2 is 0.828 bits per heavy atom. The molecule has 0 bridgehead atoms. The predicted octanol–water partition coefficient (Wildman–Crippen LogP) is 4.81. The lowest BCUT2D eigenvalue weighted by molar-refractivity contribution is 0.111. The highest BCUT2D eigenvalue weighted by atomic mass is 16.1. The fourth-order valence-electron chi connectivity index (χ4n) is 2.89. The molecule has 1 aromatic heterocycles. The van der Waals surface area contributed by atoms with Gasteiger partial charge >= 0.3 is 0 Å². The first-order valence-corrected chi connectivity index (χ1v) is 9.10. The normalized spacial score (nSPS) is 10.5. The maximum absolute atomic E-state index is 10.9. The quantitative estimate of drug-likeness (QED) is 0.466. The second kappa shape index (κ2) is 7.94. The van der Waals surface area contributed by atoms with Gasteiger partial charge in [0.05, 0.1) is 0 Å². The number of nitrogens with zero attached hydrogens (tertiary/aromatic N) is 3. The van der Waals surface area contributed by atoms with Crippen LogP contribution in [0.4, 0.5) is 0 Å². The summed E-state index contributed by atoms with van der Waals surface area (Å²) in [5.74, 6) is 1.59. The first kappa shape index (κ1) is 18.4. The van der Waals surface area contributed by atoms with E-state index in [0.717, 1.165) is 34.8 Å². The van der Waals surface area contributed by atoms with E-state index >= 15 is 0 Å². The van der Waals surface area contributed by atoms with Gasteiger partial charge in [-0.05, 0) is 6.92 Å². The molecular weight excluding hydrogens is 362 g/mol. The Morgan fingerprint density at radius 1 is 0.517 bits per heavy atom. The number of hydrogen-bond acceptors (Lipinski definition) is 5. The molecule has 5 nitrogen and oxygen atoms in total. The van der Waals surface area contributed by atoms with Gasteiger partial charge in [-0.15, -0.1) is 0 Å². The highest BCUT2D eigenvalue weighted by Gasteiger charge is 2.12. The molecule has 0 saturated carbocycles.